The molecule has 0 aliphatic heterocycles. The zero-order valence-corrected chi connectivity index (χ0v) is 16.3. The number of hydrogen-bond acceptors (Lipinski definition) is 1. The van der Waals surface area contributed by atoms with Gasteiger partial charge in [-0.3, -0.25) is 0 Å². The smallest absolute Gasteiger partial charge is 0.158 e. The summed E-state index contributed by atoms with van der Waals surface area (Å²) in [6.07, 6.45) is 1.94. The van der Waals surface area contributed by atoms with E-state index in [-0.39, 0.29) is 5.41 Å². The van der Waals surface area contributed by atoms with E-state index in [1.807, 2.05) is 6.26 Å². The summed E-state index contributed by atoms with van der Waals surface area (Å²) in [6.45, 7) is 6.74. The molecule has 0 aliphatic rings. The van der Waals surface area contributed by atoms with Crippen LogP contribution >= 0.6 is 0 Å². The number of nitrogens with one attached hydrogen (secondary N) is 1. The van der Waals surface area contributed by atoms with Gasteiger partial charge in [0.05, 0.1) is 11.8 Å². The molecule has 6 rings (SSSR count). The van der Waals surface area contributed by atoms with Crippen molar-refractivity contribution in [2.75, 3.05) is 0 Å². The number of fused-ring (bicyclic) bond motifs is 10. The molecule has 0 aliphatic carbocycles. The van der Waals surface area contributed by atoms with Gasteiger partial charge in [0.15, 0.2) is 5.58 Å². The minimum Gasteiger partial charge on any atom is -0.462 e. The maximum absolute atomic E-state index is 6.21. The first-order valence-electron chi connectivity index (χ1n) is 9.79. The topological polar surface area (TPSA) is 28.9 Å². The molecule has 0 fully saturated rings. The highest BCUT2D eigenvalue weighted by Crippen LogP contribution is 2.44. The highest BCUT2D eigenvalue weighted by Gasteiger charge is 2.25. The van der Waals surface area contributed by atoms with Gasteiger partial charge < -0.3 is 9.40 Å². The van der Waals surface area contributed by atoms with Gasteiger partial charge in [-0.15, -0.1) is 0 Å². The number of H-pyrrole nitrogens is 1. The molecule has 0 amide bonds. The Morgan fingerprint density at radius 3 is 2.14 bits per heavy atom. The van der Waals surface area contributed by atoms with E-state index in [1.165, 1.54) is 43.3 Å². The Morgan fingerprint density at radius 1 is 0.714 bits per heavy atom. The second-order valence-electron chi connectivity index (χ2n) is 8.73. The number of furan rings is 1. The molecule has 4 aromatic carbocycles. The SMILES string of the molecule is CC(C)(C)c1coc2c3[nH]c4ccc5ccccc5c4c3c3ccccc3c12. The van der Waals surface area contributed by atoms with E-state index in [9.17, 15) is 0 Å². The van der Waals surface area contributed by atoms with E-state index < -0.39 is 0 Å². The monoisotopic (exact) mass is 363 g/mol. The molecule has 2 heterocycles. The van der Waals surface area contributed by atoms with Crippen molar-refractivity contribution in [3.05, 3.63) is 72.5 Å². The van der Waals surface area contributed by atoms with Gasteiger partial charge in [-0.1, -0.05) is 75.4 Å². The molecule has 2 heteroatoms. The predicted octanol–water partition coefficient (Wildman–Crippen LogP) is 7.67. The second-order valence-corrected chi connectivity index (χ2v) is 8.73. The Morgan fingerprint density at radius 2 is 1.39 bits per heavy atom. The summed E-state index contributed by atoms with van der Waals surface area (Å²) in [5.41, 5.74) is 4.47. The van der Waals surface area contributed by atoms with Crippen molar-refractivity contribution in [2.45, 2.75) is 26.2 Å². The van der Waals surface area contributed by atoms with Gasteiger partial charge in [0, 0.05) is 27.2 Å². The fourth-order valence-corrected chi connectivity index (χ4v) is 4.69. The summed E-state index contributed by atoms with van der Waals surface area (Å²) < 4.78 is 6.21. The molecule has 0 radical (unpaired) electrons. The van der Waals surface area contributed by atoms with E-state index >= 15 is 0 Å². The lowest BCUT2D eigenvalue weighted by molar-refractivity contribution is 0.558. The van der Waals surface area contributed by atoms with E-state index in [0.29, 0.717) is 0 Å². The molecule has 0 unspecified atom stereocenters. The average molecular weight is 363 g/mol. The standard InChI is InChI=1S/C26H21NO/c1-26(2,3)19-14-28-25-21(19)17-10-6-7-11-18(17)23-22-16-9-5-4-8-15(16)12-13-20(22)27-24(23)25/h4-14,27H,1-3H3. The Bertz CT molecular complexity index is 1530. The van der Waals surface area contributed by atoms with Crippen molar-refractivity contribution in [2.24, 2.45) is 0 Å². The van der Waals surface area contributed by atoms with Crippen LogP contribution in [0.2, 0.25) is 0 Å². The van der Waals surface area contributed by atoms with E-state index in [0.717, 1.165) is 16.6 Å². The Labute approximate surface area is 162 Å². The highest BCUT2D eigenvalue weighted by atomic mass is 16.3. The van der Waals surface area contributed by atoms with Gasteiger partial charge in [-0.2, -0.15) is 0 Å². The number of aromatic amines is 1. The summed E-state index contributed by atoms with van der Waals surface area (Å²) in [6, 6.07) is 21.7. The Balaban J connectivity index is 1.97. The summed E-state index contributed by atoms with van der Waals surface area (Å²) in [4.78, 5) is 3.68. The second kappa shape index (κ2) is 5.17. The predicted molar refractivity (Wildman–Crippen MR) is 119 cm³/mol. The first-order chi connectivity index (χ1) is 13.5. The minimum absolute atomic E-state index is 0.0143. The molecule has 28 heavy (non-hydrogen) atoms. The lowest BCUT2D eigenvalue weighted by atomic mass is 9.85. The van der Waals surface area contributed by atoms with Gasteiger partial charge in [-0.25, -0.2) is 0 Å². The molecule has 0 atom stereocenters. The van der Waals surface area contributed by atoms with Crippen molar-refractivity contribution < 1.29 is 4.42 Å². The minimum atomic E-state index is 0.0143. The third-order valence-electron chi connectivity index (χ3n) is 5.98. The van der Waals surface area contributed by atoms with Crippen LogP contribution in [-0.4, -0.2) is 4.98 Å². The maximum atomic E-state index is 6.21. The van der Waals surface area contributed by atoms with E-state index in [2.05, 4.69) is 86.4 Å². The summed E-state index contributed by atoms with van der Waals surface area (Å²) in [7, 11) is 0. The van der Waals surface area contributed by atoms with Crippen LogP contribution in [0.1, 0.15) is 26.3 Å². The van der Waals surface area contributed by atoms with Crippen LogP contribution in [0.15, 0.2) is 71.3 Å². The molecule has 0 saturated carbocycles. The zero-order chi connectivity index (χ0) is 19.0. The van der Waals surface area contributed by atoms with Crippen molar-refractivity contribution in [3.63, 3.8) is 0 Å². The van der Waals surface area contributed by atoms with Crippen LogP contribution in [-0.2, 0) is 5.41 Å². The van der Waals surface area contributed by atoms with Crippen molar-refractivity contribution in [1.82, 2.24) is 4.98 Å². The van der Waals surface area contributed by atoms with Crippen LogP contribution in [0, 0.1) is 0 Å². The van der Waals surface area contributed by atoms with Gasteiger partial charge in [0.2, 0.25) is 0 Å². The quantitative estimate of drug-likeness (QED) is 0.295. The fraction of sp³-hybridized carbons (Fsp3) is 0.154. The van der Waals surface area contributed by atoms with Gasteiger partial charge in [-0.05, 0) is 33.0 Å². The Kier molecular flexibility index (Phi) is 2.91. The van der Waals surface area contributed by atoms with Crippen molar-refractivity contribution in [3.8, 4) is 0 Å². The number of hydrogen-bond donors (Lipinski definition) is 1. The fourth-order valence-electron chi connectivity index (χ4n) is 4.69. The molecule has 2 nitrogen and oxygen atoms in total. The third kappa shape index (κ3) is 1.92. The third-order valence-corrected chi connectivity index (χ3v) is 5.98. The molecular formula is C26H21NO. The van der Waals surface area contributed by atoms with E-state index in [4.69, 9.17) is 4.42 Å². The van der Waals surface area contributed by atoms with Gasteiger partial charge in [0.25, 0.3) is 0 Å². The van der Waals surface area contributed by atoms with Crippen LogP contribution in [0.5, 0.6) is 0 Å². The van der Waals surface area contributed by atoms with E-state index in [1.54, 1.807) is 0 Å². The molecule has 0 saturated heterocycles. The first-order valence-corrected chi connectivity index (χ1v) is 9.79. The van der Waals surface area contributed by atoms with Crippen molar-refractivity contribution in [1.29, 1.82) is 0 Å². The van der Waals surface area contributed by atoms with Crippen molar-refractivity contribution >= 4 is 54.3 Å². The average Bonchev–Trinajstić information content (AvgIpc) is 3.30. The van der Waals surface area contributed by atoms with Gasteiger partial charge >= 0.3 is 0 Å². The van der Waals surface area contributed by atoms with Crippen LogP contribution in [0.3, 0.4) is 0 Å². The molecule has 1 N–H and O–H groups in total. The Hall–Kier alpha value is -3.26. The summed E-state index contributed by atoms with van der Waals surface area (Å²) >= 11 is 0. The maximum Gasteiger partial charge on any atom is 0.158 e. The zero-order valence-electron chi connectivity index (χ0n) is 16.3. The van der Waals surface area contributed by atoms with Crippen LogP contribution in [0.25, 0.3) is 54.3 Å². The molecule has 6 aromatic rings. The molecule has 0 spiro atoms. The lowest BCUT2D eigenvalue weighted by Crippen LogP contribution is -2.09. The number of aromatic nitrogens is 1. The lowest BCUT2D eigenvalue weighted by Gasteiger charge is -2.17. The molecular weight excluding hydrogens is 342 g/mol. The first kappa shape index (κ1) is 15.8. The molecule has 2 aromatic heterocycles. The summed E-state index contributed by atoms with van der Waals surface area (Å²) in [5, 5.41) is 8.83. The van der Waals surface area contributed by atoms with Crippen LogP contribution < -0.4 is 0 Å². The highest BCUT2D eigenvalue weighted by molar-refractivity contribution is 6.34. The molecule has 0 bridgehead atoms. The number of rotatable bonds is 0. The normalized spacial score (nSPS) is 12.8. The van der Waals surface area contributed by atoms with Crippen LogP contribution in [0.4, 0.5) is 0 Å². The molecule has 136 valence electrons. The van der Waals surface area contributed by atoms with Gasteiger partial charge in [0.1, 0.15) is 0 Å². The summed E-state index contributed by atoms with van der Waals surface area (Å²) in [5.74, 6) is 0. The largest absolute Gasteiger partial charge is 0.462 e. The number of benzene rings is 4.